The maximum Gasteiger partial charge on any atom is 0.149 e. The van der Waals surface area contributed by atoms with E-state index in [-0.39, 0.29) is 5.78 Å². The highest BCUT2D eigenvalue weighted by Crippen LogP contribution is 2.28. The number of nitrogens with zero attached hydrogens (tertiary/aromatic N) is 1. The highest BCUT2D eigenvalue weighted by atomic mass is 32.2. The van der Waals surface area contributed by atoms with Crippen LogP contribution in [0.25, 0.3) is 0 Å². The van der Waals surface area contributed by atoms with Crippen LogP contribution in [0.3, 0.4) is 0 Å². The first-order valence-electron chi connectivity index (χ1n) is 4.81. The zero-order chi connectivity index (χ0) is 10.1. The monoisotopic (exact) mass is 207 g/mol. The maximum atomic E-state index is 11.2. The van der Waals surface area contributed by atoms with E-state index in [1.165, 1.54) is 4.90 Å². The van der Waals surface area contributed by atoms with Crippen LogP contribution in [0.2, 0.25) is 0 Å². The van der Waals surface area contributed by atoms with Gasteiger partial charge in [0.2, 0.25) is 0 Å². The number of hydrogen-bond acceptors (Lipinski definition) is 3. The Kier molecular flexibility index (Phi) is 2.59. The first kappa shape index (κ1) is 9.71. The number of pyridine rings is 1. The molecular weight excluding hydrogens is 194 g/mol. The average Bonchev–Trinajstić information content (AvgIpc) is 2.16. The van der Waals surface area contributed by atoms with Crippen molar-refractivity contribution in [3.8, 4) is 0 Å². The number of aromatic nitrogens is 1. The van der Waals surface area contributed by atoms with Crippen LogP contribution in [0.1, 0.15) is 31.2 Å². The molecule has 1 aliphatic heterocycles. The molecule has 3 heteroatoms. The quantitative estimate of drug-likeness (QED) is 0.708. The first-order valence-corrected chi connectivity index (χ1v) is 5.79. The van der Waals surface area contributed by atoms with Crippen LogP contribution in [0, 0.1) is 0 Å². The largest absolute Gasteiger partial charge is 0.298 e. The Bertz CT molecular complexity index is 374. The lowest BCUT2D eigenvalue weighted by Gasteiger charge is -2.15. The summed E-state index contributed by atoms with van der Waals surface area (Å²) in [4.78, 5) is 16.9. The minimum atomic E-state index is 0.288. The molecule has 0 aliphatic carbocycles. The fourth-order valence-corrected chi connectivity index (χ4v) is 2.35. The summed E-state index contributed by atoms with van der Waals surface area (Å²) in [6.07, 6.45) is 0.517. The zero-order valence-corrected chi connectivity index (χ0v) is 9.23. The smallest absolute Gasteiger partial charge is 0.149 e. The SMILES string of the molecule is CC(C)c1ccc2c(n1)CC(=O)CS2. The van der Waals surface area contributed by atoms with Crippen LogP contribution in [0.4, 0.5) is 0 Å². The molecule has 2 heterocycles. The molecule has 0 spiro atoms. The van der Waals surface area contributed by atoms with Crippen LogP contribution in [-0.2, 0) is 11.2 Å². The second-order valence-electron chi connectivity index (χ2n) is 3.84. The van der Waals surface area contributed by atoms with Crippen molar-refractivity contribution in [1.29, 1.82) is 0 Å². The molecule has 0 atom stereocenters. The number of hydrogen-bond donors (Lipinski definition) is 0. The highest BCUT2D eigenvalue weighted by molar-refractivity contribution is 8.00. The predicted molar refractivity (Wildman–Crippen MR) is 57.8 cm³/mol. The molecule has 0 N–H and O–H groups in total. The van der Waals surface area contributed by atoms with Crippen LogP contribution >= 0.6 is 11.8 Å². The number of ketones is 1. The van der Waals surface area contributed by atoms with Gasteiger partial charge in [0.15, 0.2) is 0 Å². The van der Waals surface area contributed by atoms with Gasteiger partial charge in [-0.25, -0.2) is 0 Å². The number of fused-ring (bicyclic) bond motifs is 1. The van der Waals surface area contributed by atoms with Crippen molar-refractivity contribution in [2.24, 2.45) is 0 Å². The van der Waals surface area contributed by atoms with Gasteiger partial charge < -0.3 is 0 Å². The van der Waals surface area contributed by atoms with Crippen molar-refractivity contribution in [2.45, 2.75) is 31.1 Å². The van der Waals surface area contributed by atoms with E-state index >= 15 is 0 Å². The van der Waals surface area contributed by atoms with Crippen molar-refractivity contribution < 1.29 is 4.79 Å². The predicted octanol–water partition coefficient (Wildman–Crippen LogP) is 2.42. The Hall–Kier alpha value is -0.830. The minimum absolute atomic E-state index is 0.288. The summed E-state index contributed by atoms with van der Waals surface area (Å²) < 4.78 is 0. The molecule has 1 aromatic heterocycles. The Labute approximate surface area is 88.1 Å². The summed E-state index contributed by atoms with van der Waals surface area (Å²) >= 11 is 1.61. The van der Waals surface area contributed by atoms with Crippen LogP contribution < -0.4 is 0 Å². The maximum absolute atomic E-state index is 11.2. The van der Waals surface area contributed by atoms with Gasteiger partial charge in [0.05, 0.1) is 17.9 Å². The van der Waals surface area contributed by atoms with E-state index in [2.05, 4.69) is 31.0 Å². The Morgan fingerprint density at radius 2 is 2.21 bits per heavy atom. The van der Waals surface area contributed by atoms with Crippen molar-refractivity contribution in [3.63, 3.8) is 0 Å². The van der Waals surface area contributed by atoms with Crippen molar-refractivity contribution in [1.82, 2.24) is 4.98 Å². The van der Waals surface area contributed by atoms with Gasteiger partial charge >= 0.3 is 0 Å². The second kappa shape index (κ2) is 3.73. The molecule has 0 amide bonds. The average molecular weight is 207 g/mol. The fourth-order valence-electron chi connectivity index (χ4n) is 1.48. The summed E-state index contributed by atoms with van der Waals surface area (Å²) in [5.41, 5.74) is 2.05. The van der Waals surface area contributed by atoms with E-state index < -0.39 is 0 Å². The molecule has 0 bridgehead atoms. The van der Waals surface area contributed by atoms with E-state index in [0.29, 0.717) is 18.1 Å². The summed E-state index contributed by atoms with van der Waals surface area (Å²) in [6, 6.07) is 4.15. The standard InChI is InChI=1S/C11H13NOS/c1-7(2)9-3-4-11-10(12-9)5-8(13)6-14-11/h3-4,7H,5-6H2,1-2H3. The van der Waals surface area contributed by atoms with Crippen LogP contribution in [-0.4, -0.2) is 16.5 Å². The third-order valence-corrected chi connectivity index (χ3v) is 3.45. The molecule has 0 fully saturated rings. The van der Waals surface area contributed by atoms with Gasteiger partial charge in [-0.2, -0.15) is 0 Å². The van der Waals surface area contributed by atoms with Gasteiger partial charge in [0.25, 0.3) is 0 Å². The molecule has 74 valence electrons. The fraction of sp³-hybridized carbons (Fsp3) is 0.455. The van der Waals surface area contributed by atoms with E-state index in [1.807, 2.05) is 0 Å². The van der Waals surface area contributed by atoms with E-state index in [1.54, 1.807) is 11.8 Å². The molecule has 2 rings (SSSR count). The van der Waals surface area contributed by atoms with E-state index in [9.17, 15) is 4.79 Å². The number of rotatable bonds is 1. The topological polar surface area (TPSA) is 30.0 Å². The molecule has 0 radical (unpaired) electrons. The van der Waals surface area contributed by atoms with Crippen molar-refractivity contribution >= 4 is 17.5 Å². The summed E-state index contributed by atoms with van der Waals surface area (Å²) in [7, 11) is 0. The molecule has 0 aromatic carbocycles. The Morgan fingerprint density at radius 3 is 2.93 bits per heavy atom. The molecule has 0 saturated heterocycles. The van der Waals surface area contributed by atoms with Gasteiger partial charge in [-0.05, 0) is 18.1 Å². The van der Waals surface area contributed by atoms with Crippen molar-refractivity contribution in [3.05, 3.63) is 23.5 Å². The van der Waals surface area contributed by atoms with Crippen LogP contribution in [0.15, 0.2) is 17.0 Å². The van der Waals surface area contributed by atoms with Gasteiger partial charge in [-0.1, -0.05) is 13.8 Å². The summed E-state index contributed by atoms with van der Waals surface area (Å²) in [6.45, 7) is 4.24. The Balaban J connectivity index is 2.37. The first-order chi connectivity index (χ1) is 6.66. The van der Waals surface area contributed by atoms with Gasteiger partial charge in [-0.3, -0.25) is 9.78 Å². The van der Waals surface area contributed by atoms with Gasteiger partial charge in [0, 0.05) is 10.6 Å². The number of Topliss-reactive ketones (excluding diaryl/α,β-unsaturated/α-hetero) is 1. The summed E-state index contributed by atoms with van der Waals surface area (Å²) in [5, 5.41) is 0. The lowest BCUT2D eigenvalue weighted by Crippen LogP contribution is -2.14. The molecule has 14 heavy (non-hydrogen) atoms. The zero-order valence-electron chi connectivity index (χ0n) is 8.41. The lowest BCUT2D eigenvalue weighted by atomic mass is 10.1. The molecule has 2 nitrogen and oxygen atoms in total. The molecular formula is C11H13NOS. The summed E-state index contributed by atoms with van der Waals surface area (Å²) in [5.74, 6) is 1.33. The molecule has 1 aliphatic rings. The van der Waals surface area contributed by atoms with Crippen molar-refractivity contribution in [2.75, 3.05) is 5.75 Å². The number of carbonyl (C=O) groups excluding carboxylic acids is 1. The van der Waals surface area contributed by atoms with Gasteiger partial charge in [0.1, 0.15) is 5.78 Å². The normalized spacial score (nSPS) is 15.8. The van der Waals surface area contributed by atoms with Gasteiger partial charge in [-0.15, -0.1) is 11.8 Å². The molecule has 1 aromatic rings. The minimum Gasteiger partial charge on any atom is -0.298 e. The third-order valence-electron chi connectivity index (χ3n) is 2.30. The molecule has 0 saturated carbocycles. The number of thioether (sulfide) groups is 1. The van der Waals surface area contributed by atoms with E-state index in [0.717, 1.165) is 11.4 Å². The second-order valence-corrected chi connectivity index (χ2v) is 4.86. The highest BCUT2D eigenvalue weighted by Gasteiger charge is 2.18. The van der Waals surface area contributed by atoms with E-state index in [4.69, 9.17) is 0 Å². The van der Waals surface area contributed by atoms with Crippen LogP contribution in [0.5, 0.6) is 0 Å². The Morgan fingerprint density at radius 1 is 1.43 bits per heavy atom. The molecule has 0 unspecified atom stereocenters. The lowest BCUT2D eigenvalue weighted by molar-refractivity contribution is -0.116. The third kappa shape index (κ3) is 1.82. The number of carbonyl (C=O) groups is 1.